The molecule has 0 fully saturated rings. The minimum atomic E-state index is -0.962. The van der Waals surface area contributed by atoms with Gasteiger partial charge in [-0.15, -0.1) is 0 Å². The normalized spacial score (nSPS) is 9.00. The maximum atomic E-state index is 10.2. The van der Waals surface area contributed by atoms with Gasteiger partial charge in [0.05, 0.1) is 5.56 Å². The molecule has 0 bridgehead atoms. The third-order valence-electron chi connectivity index (χ3n) is 1.27. The molecule has 1 aromatic rings. The number of aromatic nitrogens is 1. The van der Waals surface area contributed by atoms with Crippen LogP contribution in [0.3, 0.4) is 0 Å². The van der Waals surface area contributed by atoms with Crippen LogP contribution in [0.25, 0.3) is 0 Å². The van der Waals surface area contributed by atoms with Crippen molar-refractivity contribution in [1.29, 1.82) is 0 Å². The second-order valence-corrected chi connectivity index (χ2v) is 3.64. The van der Waals surface area contributed by atoms with Crippen LogP contribution in [0.4, 0.5) is 0 Å². The van der Waals surface area contributed by atoms with E-state index >= 15 is 0 Å². The smallest absolute Gasteiger partial charge is 0.315 e. The van der Waals surface area contributed by atoms with E-state index < -0.39 is 5.97 Å². The van der Waals surface area contributed by atoms with E-state index in [1.807, 2.05) is 0 Å². The third kappa shape index (κ3) is 3.36. The first-order chi connectivity index (χ1) is 6.59. The molecule has 0 saturated carbocycles. The average Bonchev–Trinajstić information content (AvgIpc) is 2.10. The van der Waals surface area contributed by atoms with Gasteiger partial charge in [0.15, 0.2) is 0 Å². The summed E-state index contributed by atoms with van der Waals surface area (Å²) in [5.74, 6) is 4.14. The van der Waals surface area contributed by atoms with Crippen molar-refractivity contribution < 1.29 is 9.90 Å². The molecule has 0 saturated heterocycles. The third-order valence-corrected chi connectivity index (χ3v) is 2.00. The van der Waals surface area contributed by atoms with E-state index in [4.69, 9.17) is 16.7 Å². The van der Waals surface area contributed by atoms with E-state index in [0.29, 0.717) is 5.56 Å². The number of rotatable bonds is 1. The molecule has 1 N–H and O–H groups in total. The first kappa shape index (κ1) is 11.0. The van der Waals surface area contributed by atoms with Crippen LogP contribution in [-0.4, -0.2) is 16.1 Å². The fourth-order valence-electron chi connectivity index (χ4n) is 0.725. The second-order valence-electron chi connectivity index (χ2n) is 2.36. The molecule has 14 heavy (non-hydrogen) atoms. The Kier molecular flexibility index (Phi) is 3.93. The van der Waals surface area contributed by atoms with Gasteiger partial charge >= 0.3 is 5.97 Å². The first-order valence-electron chi connectivity index (χ1n) is 3.61. The van der Waals surface area contributed by atoms with Crippen molar-refractivity contribution in [3.05, 3.63) is 27.5 Å². The lowest BCUT2D eigenvalue weighted by molar-refractivity contribution is -0.135. The Labute approximate surface area is 94.2 Å². The Morgan fingerprint density at radius 2 is 2.43 bits per heavy atom. The SMILES string of the molecule is O=C(O)CC#Cc1cc(Br)cnc1Cl. The van der Waals surface area contributed by atoms with Gasteiger partial charge in [0.1, 0.15) is 11.6 Å². The topological polar surface area (TPSA) is 50.2 Å². The average molecular weight is 275 g/mol. The van der Waals surface area contributed by atoms with Gasteiger partial charge in [-0.3, -0.25) is 4.79 Å². The zero-order valence-electron chi connectivity index (χ0n) is 6.92. The van der Waals surface area contributed by atoms with E-state index in [1.165, 1.54) is 0 Å². The zero-order valence-corrected chi connectivity index (χ0v) is 9.26. The molecule has 1 aromatic heterocycles. The molecule has 1 heterocycles. The summed E-state index contributed by atoms with van der Waals surface area (Å²) in [7, 11) is 0. The highest BCUT2D eigenvalue weighted by Gasteiger charge is 1.98. The molecule has 0 aromatic carbocycles. The molecule has 0 amide bonds. The highest BCUT2D eigenvalue weighted by Crippen LogP contribution is 2.16. The summed E-state index contributed by atoms with van der Waals surface area (Å²) in [4.78, 5) is 14.0. The minimum Gasteiger partial charge on any atom is -0.481 e. The van der Waals surface area contributed by atoms with Crippen LogP contribution in [0.5, 0.6) is 0 Å². The Hall–Kier alpha value is -1.05. The van der Waals surface area contributed by atoms with Crippen LogP contribution < -0.4 is 0 Å². The molecule has 0 aliphatic carbocycles. The summed E-state index contributed by atoms with van der Waals surface area (Å²) in [6.45, 7) is 0. The molecule has 0 radical (unpaired) electrons. The number of halogens is 2. The highest BCUT2D eigenvalue weighted by molar-refractivity contribution is 9.10. The number of aliphatic carboxylic acids is 1. The van der Waals surface area contributed by atoms with E-state index in [9.17, 15) is 4.79 Å². The van der Waals surface area contributed by atoms with Crippen LogP contribution in [0, 0.1) is 11.8 Å². The molecule has 1 rings (SSSR count). The molecule has 5 heteroatoms. The monoisotopic (exact) mass is 273 g/mol. The second kappa shape index (κ2) is 4.99. The fourth-order valence-corrected chi connectivity index (χ4v) is 1.21. The number of carboxylic acid groups (broad SMARTS) is 1. The summed E-state index contributed by atoms with van der Waals surface area (Å²) < 4.78 is 0.751. The first-order valence-corrected chi connectivity index (χ1v) is 4.78. The molecule has 0 unspecified atom stereocenters. The maximum Gasteiger partial charge on any atom is 0.315 e. The van der Waals surface area contributed by atoms with Gasteiger partial charge in [-0.1, -0.05) is 23.4 Å². The van der Waals surface area contributed by atoms with Crippen LogP contribution >= 0.6 is 27.5 Å². The van der Waals surface area contributed by atoms with Crippen LogP contribution in [0.2, 0.25) is 5.15 Å². The predicted octanol–water partition coefficient (Wildman–Crippen LogP) is 2.32. The van der Waals surface area contributed by atoms with Crippen LogP contribution in [0.1, 0.15) is 12.0 Å². The maximum absolute atomic E-state index is 10.2. The molecule has 0 aliphatic rings. The quantitative estimate of drug-likeness (QED) is 0.631. The van der Waals surface area contributed by atoms with E-state index in [0.717, 1.165) is 4.47 Å². The van der Waals surface area contributed by atoms with Crippen LogP contribution in [0.15, 0.2) is 16.7 Å². The summed E-state index contributed by atoms with van der Waals surface area (Å²) in [5.41, 5.74) is 0.516. The summed E-state index contributed by atoms with van der Waals surface area (Å²) in [5, 5.41) is 8.62. The largest absolute Gasteiger partial charge is 0.481 e. The molecule has 72 valence electrons. The van der Waals surface area contributed by atoms with Crippen molar-refractivity contribution in [2.24, 2.45) is 0 Å². The summed E-state index contributed by atoms with van der Waals surface area (Å²) in [6, 6.07) is 1.68. The number of hydrogen-bond donors (Lipinski definition) is 1. The van der Waals surface area contributed by atoms with Gasteiger partial charge in [0.2, 0.25) is 0 Å². The van der Waals surface area contributed by atoms with E-state index in [1.54, 1.807) is 12.3 Å². The number of nitrogens with zero attached hydrogens (tertiary/aromatic N) is 1. The van der Waals surface area contributed by atoms with Crippen molar-refractivity contribution in [2.75, 3.05) is 0 Å². The van der Waals surface area contributed by atoms with Gasteiger partial charge in [-0.05, 0) is 22.0 Å². The summed E-state index contributed by atoms with van der Waals surface area (Å²) in [6.07, 6.45) is 1.34. The van der Waals surface area contributed by atoms with Crippen molar-refractivity contribution in [3.8, 4) is 11.8 Å². The number of carbonyl (C=O) groups is 1. The van der Waals surface area contributed by atoms with E-state index in [2.05, 4.69) is 32.8 Å². The predicted molar refractivity (Wildman–Crippen MR) is 56.1 cm³/mol. The number of carboxylic acids is 1. The van der Waals surface area contributed by atoms with E-state index in [-0.39, 0.29) is 11.6 Å². The highest BCUT2D eigenvalue weighted by atomic mass is 79.9. The number of hydrogen-bond acceptors (Lipinski definition) is 2. The lowest BCUT2D eigenvalue weighted by Crippen LogP contribution is -1.90. The van der Waals surface area contributed by atoms with Crippen molar-refractivity contribution in [2.45, 2.75) is 6.42 Å². The molecule has 0 aliphatic heterocycles. The fraction of sp³-hybridized carbons (Fsp3) is 0.111. The molecular formula is C9H5BrClNO2. The lowest BCUT2D eigenvalue weighted by Gasteiger charge is -1.94. The Bertz CT molecular complexity index is 423. The number of pyridine rings is 1. The Balaban J connectivity index is 2.88. The van der Waals surface area contributed by atoms with Gasteiger partial charge < -0.3 is 5.11 Å². The van der Waals surface area contributed by atoms with Crippen molar-refractivity contribution in [1.82, 2.24) is 4.98 Å². The van der Waals surface area contributed by atoms with Crippen LogP contribution in [-0.2, 0) is 4.79 Å². The van der Waals surface area contributed by atoms with Crippen molar-refractivity contribution in [3.63, 3.8) is 0 Å². The summed E-state index contributed by atoms with van der Waals surface area (Å²) >= 11 is 8.94. The lowest BCUT2D eigenvalue weighted by atomic mass is 10.3. The molecule has 0 atom stereocenters. The minimum absolute atomic E-state index is 0.206. The molecular weight excluding hydrogens is 269 g/mol. The van der Waals surface area contributed by atoms with Gasteiger partial charge in [-0.2, -0.15) is 0 Å². The zero-order chi connectivity index (χ0) is 10.6. The molecule has 0 spiro atoms. The van der Waals surface area contributed by atoms with Gasteiger partial charge in [-0.25, -0.2) is 4.98 Å². The standard InChI is InChI=1S/C9H5BrClNO2/c10-7-4-6(9(11)12-5-7)2-1-3-8(13)14/h4-5H,3H2,(H,13,14). The van der Waals surface area contributed by atoms with Gasteiger partial charge in [0, 0.05) is 10.7 Å². The van der Waals surface area contributed by atoms with Crippen molar-refractivity contribution >= 4 is 33.5 Å². The Morgan fingerprint density at radius 1 is 1.71 bits per heavy atom. The molecule has 3 nitrogen and oxygen atoms in total. The Morgan fingerprint density at radius 3 is 3.07 bits per heavy atom. The van der Waals surface area contributed by atoms with Gasteiger partial charge in [0.25, 0.3) is 0 Å².